The van der Waals surface area contributed by atoms with Gasteiger partial charge in [-0.1, -0.05) is 13.8 Å². The lowest BCUT2D eigenvalue weighted by Crippen LogP contribution is -2.49. The molecule has 82 valence electrons. The Bertz CT molecular complexity index is 215. The second kappa shape index (κ2) is 3.92. The Balaban J connectivity index is 2.46. The van der Waals surface area contributed by atoms with Crippen LogP contribution in [-0.4, -0.2) is 11.4 Å². The van der Waals surface area contributed by atoms with Crippen LogP contribution in [0.5, 0.6) is 0 Å². The lowest BCUT2D eigenvalue weighted by Gasteiger charge is -2.39. The Labute approximate surface area is 87.5 Å². The fourth-order valence-electron chi connectivity index (χ4n) is 2.11. The molecule has 1 rings (SSSR count). The first-order valence-corrected chi connectivity index (χ1v) is 5.63. The summed E-state index contributed by atoms with van der Waals surface area (Å²) in [4.78, 5) is 11.8. The highest BCUT2D eigenvalue weighted by atomic mass is 16.2. The largest absolute Gasteiger partial charge is 0.351 e. The van der Waals surface area contributed by atoms with Gasteiger partial charge in [-0.3, -0.25) is 4.79 Å². The smallest absolute Gasteiger partial charge is 0.223 e. The van der Waals surface area contributed by atoms with Crippen LogP contribution in [-0.2, 0) is 4.79 Å². The monoisotopic (exact) mass is 197 g/mol. The second-order valence-corrected chi connectivity index (χ2v) is 5.83. The number of amides is 1. The predicted octanol–water partition coefficient (Wildman–Crippen LogP) is 2.58. The Kier molecular flexibility index (Phi) is 3.23. The molecule has 0 heterocycles. The van der Waals surface area contributed by atoms with E-state index in [1.165, 1.54) is 6.42 Å². The summed E-state index contributed by atoms with van der Waals surface area (Å²) in [6.45, 7) is 10.5. The van der Waals surface area contributed by atoms with E-state index in [0.717, 1.165) is 6.42 Å². The molecule has 0 saturated heterocycles. The Morgan fingerprint density at radius 2 is 1.86 bits per heavy atom. The van der Waals surface area contributed by atoms with Crippen LogP contribution in [0.2, 0.25) is 0 Å². The van der Waals surface area contributed by atoms with Gasteiger partial charge in [0.05, 0.1) is 0 Å². The Morgan fingerprint density at radius 1 is 1.29 bits per heavy atom. The number of carbonyl (C=O) groups excluding carboxylic acids is 1. The number of hydrogen-bond acceptors (Lipinski definition) is 1. The number of carbonyl (C=O) groups is 1. The van der Waals surface area contributed by atoms with Gasteiger partial charge in [0.25, 0.3) is 0 Å². The topological polar surface area (TPSA) is 29.1 Å². The van der Waals surface area contributed by atoms with Gasteiger partial charge >= 0.3 is 0 Å². The summed E-state index contributed by atoms with van der Waals surface area (Å²) in [5.74, 6) is 1.77. The van der Waals surface area contributed by atoms with Gasteiger partial charge in [0.1, 0.15) is 0 Å². The summed E-state index contributed by atoms with van der Waals surface area (Å²) < 4.78 is 0. The molecule has 0 spiro atoms. The van der Waals surface area contributed by atoms with Gasteiger partial charge in [-0.15, -0.1) is 0 Å². The van der Waals surface area contributed by atoms with E-state index in [0.29, 0.717) is 11.8 Å². The molecule has 1 aliphatic carbocycles. The third-order valence-corrected chi connectivity index (χ3v) is 3.02. The molecule has 1 aliphatic rings. The zero-order chi connectivity index (χ0) is 10.9. The van der Waals surface area contributed by atoms with Crippen molar-refractivity contribution in [3.8, 4) is 0 Å². The van der Waals surface area contributed by atoms with Gasteiger partial charge in [-0.25, -0.2) is 0 Å². The van der Waals surface area contributed by atoms with E-state index in [1.807, 2.05) is 20.8 Å². The van der Waals surface area contributed by atoms with Gasteiger partial charge in [-0.2, -0.15) is 0 Å². The van der Waals surface area contributed by atoms with Gasteiger partial charge in [0.2, 0.25) is 5.91 Å². The summed E-state index contributed by atoms with van der Waals surface area (Å²) >= 11 is 0. The average Bonchev–Trinajstić information content (AvgIpc) is 1.75. The SMILES string of the molecule is CC(C)[C@@H]1CC[C@H]1C(=O)NC(C)(C)C. The molecule has 0 aliphatic heterocycles. The Morgan fingerprint density at radius 3 is 2.14 bits per heavy atom. The molecule has 2 nitrogen and oxygen atoms in total. The maximum absolute atomic E-state index is 11.8. The minimum Gasteiger partial charge on any atom is -0.351 e. The number of nitrogens with one attached hydrogen (secondary N) is 1. The van der Waals surface area contributed by atoms with Crippen molar-refractivity contribution < 1.29 is 4.79 Å². The van der Waals surface area contributed by atoms with Crippen molar-refractivity contribution in [2.75, 3.05) is 0 Å². The van der Waals surface area contributed by atoms with Crippen LogP contribution in [0, 0.1) is 17.8 Å². The zero-order valence-corrected chi connectivity index (χ0v) is 10.1. The highest BCUT2D eigenvalue weighted by Crippen LogP contribution is 2.39. The Hall–Kier alpha value is -0.530. The van der Waals surface area contributed by atoms with E-state index >= 15 is 0 Å². The molecule has 0 aromatic rings. The van der Waals surface area contributed by atoms with Gasteiger partial charge in [0.15, 0.2) is 0 Å². The van der Waals surface area contributed by atoms with E-state index in [-0.39, 0.29) is 17.4 Å². The molecule has 1 fully saturated rings. The molecular weight excluding hydrogens is 174 g/mol. The van der Waals surface area contributed by atoms with Crippen molar-refractivity contribution in [1.82, 2.24) is 5.32 Å². The van der Waals surface area contributed by atoms with Crippen LogP contribution >= 0.6 is 0 Å². The molecule has 0 aromatic heterocycles. The normalized spacial score (nSPS) is 27.3. The van der Waals surface area contributed by atoms with Crippen molar-refractivity contribution in [1.29, 1.82) is 0 Å². The van der Waals surface area contributed by atoms with Crippen molar-refractivity contribution in [3.05, 3.63) is 0 Å². The molecule has 0 unspecified atom stereocenters. The second-order valence-electron chi connectivity index (χ2n) is 5.83. The van der Waals surface area contributed by atoms with Crippen molar-refractivity contribution in [3.63, 3.8) is 0 Å². The van der Waals surface area contributed by atoms with Crippen LogP contribution in [0.15, 0.2) is 0 Å². The molecular formula is C12H23NO. The van der Waals surface area contributed by atoms with E-state index in [4.69, 9.17) is 0 Å². The highest BCUT2D eigenvalue weighted by molar-refractivity contribution is 5.80. The van der Waals surface area contributed by atoms with Crippen LogP contribution in [0.4, 0.5) is 0 Å². The van der Waals surface area contributed by atoms with Crippen molar-refractivity contribution >= 4 is 5.91 Å². The molecule has 14 heavy (non-hydrogen) atoms. The highest BCUT2D eigenvalue weighted by Gasteiger charge is 2.38. The molecule has 0 radical (unpaired) electrons. The summed E-state index contributed by atoms with van der Waals surface area (Å²) in [5.41, 5.74) is -0.0891. The summed E-state index contributed by atoms with van der Waals surface area (Å²) in [6, 6.07) is 0. The van der Waals surface area contributed by atoms with Crippen molar-refractivity contribution in [2.45, 2.75) is 53.0 Å². The molecule has 2 atom stereocenters. The molecule has 1 N–H and O–H groups in total. The maximum Gasteiger partial charge on any atom is 0.223 e. The zero-order valence-electron chi connectivity index (χ0n) is 10.1. The number of rotatable bonds is 2. The summed E-state index contributed by atoms with van der Waals surface area (Å²) in [6.07, 6.45) is 2.30. The van der Waals surface area contributed by atoms with Crippen LogP contribution < -0.4 is 5.32 Å². The lowest BCUT2D eigenvalue weighted by atomic mass is 9.67. The first-order chi connectivity index (χ1) is 6.31. The van der Waals surface area contributed by atoms with Gasteiger partial charge < -0.3 is 5.32 Å². The predicted molar refractivity (Wildman–Crippen MR) is 58.9 cm³/mol. The quantitative estimate of drug-likeness (QED) is 0.724. The fraction of sp³-hybridized carbons (Fsp3) is 0.917. The minimum absolute atomic E-state index is 0.0891. The lowest BCUT2D eigenvalue weighted by molar-refractivity contribution is -0.132. The van der Waals surface area contributed by atoms with Crippen LogP contribution in [0.25, 0.3) is 0 Å². The van der Waals surface area contributed by atoms with Gasteiger partial charge in [0, 0.05) is 11.5 Å². The van der Waals surface area contributed by atoms with Crippen LogP contribution in [0.1, 0.15) is 47.5 Å². The fourth-order valence-corrected chi connectivity index (χ4v) is 2.11. The summed E-state index contributed by atoms with van der Waals surface area (Å²) in [7, 11) is 0. The molecule has 2 heteroatoms. The first-order valence-electron chi connectivity index (χ1n) is 5.63. The summed E-state index contributed by atoms with van der Waals surface area (Å²) in [5, 5.41) is 3.07. The van der Waals surface area contributed by atoms with E-state index in [9.17, 15) is 4.79 Å². The molecule has 1 amide bonds. The maximum atomic E-state index is 11.8. The first kappa shape index (κ1) is 11.5. The van der Waals surface area contributed by atoms with E-state index < -0.39 is 0 Å². The average molecular weight is 197 g/mol. The van der Waals surface area contributed by atoms with Crippen LogP contribution in [0.3, 0.4) is 0 Å². The molecule has 0 bridgehead atoms. The molecule has 0 aromatic carbocycles. The van der Waals surface area contributed by atoms with E-state index in [2.05, 4.69) is 19.2 Å². The van der Waals surface area contributed by atoms with Crippen molar-refractivity contribution in [2.24, 2.45) is 17.8 Å². The third kappa shape index (κ3) is 2.73. The molecule has 1 saturated carbocycles. The third-order valence-electron chi connectivity index (χ3n) is 3.02. The number of hydrogen-bond donors (Lipinski definition) is 1. The minimum atomic E-state index is -0.0891. The standard InChI is InChI=1S/C12H23NO/c1-8(2)9-6-7-10(9)11(14)13-12(3,4)5/h8-10H,6-7H2,1-5H3,(H,13,14)/t9-,10+/m0/s1. The van der Waals surface area contributed by atoms with E-state index in [1.54, 1.807) is 0 Å². The van der Waals surface area contributed by atoms with Gasteiger partial charge in [-0.05, 0) is 45.4 Å².